The third-order valence-corrected chi connectivity index (χ3v) is 6.39. The molecule has 0 aromatic heterocycles. The highest BCUT2D eigenvalue weighted by Crippen LogP contribution is 2.32. The minimum Gasteiger partial charge on any atom is -0.497 e. The normalized spacial score (nSPS) is 15.1. The first kappa shape index (κ1) is 25.1. The Balaban J connectivity index is 1.71. The Labute approximate surface area is 213 Å². The minimum atomic E-state index is -1.02. The zero-order valence-electron chi connectivity index (χ0n) is 20.1. The predicted octanol–water partition coefficient (Wildman–Crippen LogP) is 4.34. The number of ether oxygens (including phenoxy) is 3. The van der Waals surface area contributed by atoms with E-state index in [1.54, 1.807) is 66.7 Å². The number of anilines is 1. The van der Waals surface area contributed by atoms with Crippen molar-refractivity contribution >= 4 is 35.0 Å². The Hall–Kier alpha value is -4.04. The molecule has 4 rings (SSSR count). The van der Waals surface area contributed by atoms with Gasteiger partial charge in [-0.15, -0.1) is 0 Å². The van der Waals surface area contributed by atoms with Crippen molar-refractivity contribution in [2.75, 3.05) is 26.2 Å². The van der Waals surface area contributed by atoms with Gasteiger partial charge in [0.1, 0.15) is 11.8 Å². The van der Waals surface area contributed by atoms with Crippen molar-refractivity contribution in [3.8, 4) is 17.2 Å². The fourth-order valence-electron chi connectivity index (χ4n) is 4.13. The molecule has 0 saturated carbocycles. The summed E-state index contributed by atoms with van der Waals surface area (Å²) in [6.07, 6.45) is -0.158. The van der Waals surface area contributed by atoms with E-state index >= 15 is 0 Å². The second-order valence-electron chi connectivity index (χ2n) is 8.08. The van der Waals surface area contributed by atoms with Gasteiger partial charge in [0.2, 0.25) is 5.91 Å². The van der Waals surface area contributed by atoms with E-state index in [2.05, 4.69) is 0 Å². The summed E-state index contributed by atoms with van der Waals surface area (Å²) in [5.41, 5.74) is 1.34. The van der Waals surface area contributed by atoms with Crippen LogP contribution in [-0.2, 0) is 16.1 Å². The maximum absolute atomic E-state index is 13.8. The summed E-state index contributed by atoms with van der Waals surface area (Å²) in [5.74, 6) is 0.0849. The Morgan fingerprint density at radius 2 is 1.64 bits per heavy atom. The van der Waals surface area contributed by atoms with Crippen LogP contribution in [0.15, 0.2) is 66.7 Å². The lowest BCUT2D eigenvalue weighted by Crippen LogP contribution is -2.45. The summed E-state index contributed by atoms with van der Waals surface area (Å²) >= 11 is 6.38. The molecule has 3 aromatic carbocycles. The predicted molar refractivity (Wildman–Crippen MR) is 135 cm³/mol. The number of methoxy groups -OCH3 is 3. The molecule has 1 unspecified atom stereocenters. The van der Waals surface area contributed by atoms with E-state index in [1.807, 2.05) is 0 Å². The third kappa shape index (κ3) is 4.85. The Kier molecular flexibility index (Phi) is 7.45. The molecule has 0 radical (unpaired) electrons. The molecule has 1 aliphatic heterocycles. The molecule has 1 atom stereocenters. The number of amides is 3. The molecular formula is C27H25ClN2O6. The van der Waals surface area contributed by atoms with Crippen molar-refractivity contribution < 1.29 is 28.6 Å². The Morgan fingerprint density at radius 3 is 2.28 bits per heavy atom. The molecule has 36 heavy (non-hydrogen) atoms. The molecule has 0 N–H and O–H groups in total. The Morgan fingerprint density at radius 1 is 0.944 bits per heavy atom. The topological polar surface area (TPSA) is 85.4 Å². The molecule has 1 saturated heterocycles. The number of benzene rings is 3. The van der Waals surface area contributed by atoms with Gasteiger partial charge in [0, 0.05) is 17.1 Å². The molecule has 1 fully saturated rings. The summed E-state index contributed by atoms with van der Waals surface area (Å²) in [5, 5.41) is 0.450. The number of hydrogen-bond donors (Lipinski definition) is 0. The van der Waals surface area contributed by atoms with Gasteiger partial charge in [-0.3, -0.25) is 14.4 Å². The molecule has 186 valence electrons. The van der Waals surface area contributed by atoms with Gasteiger partial charge >= 0.3 is 0 Å². The van der Waals surface area contributed by atoms with Gasteiger partial charge in [-0.25, -0.2) is 4.90 Å². The molecule has 0 spiro atoms. The highest BCUT2D eigenvalue weighted by Gasteiger charge is 2.44. The van der Waals surface area contributed by atoms with Gasteiger partial charge < -0.3 is 19.1 Å². The standard InChI is InChI=1S/C27H25ClN2O6/c1-34-20-11-9-19(10-12-20)30-25(31)15-22(27(30)33)29(16-18-6-4-5-7-21(18)28)26(32)17-8-13-23(35-2)24(14-17)36-3/h4-14,22H,15-16H2,1-3H3. The van der Waals surface area contributed by atoms with Crippen LogP contribution in [0.1, 0.15) is 22.3 Å². The van der Waals surface area contributed by atoms with Crippen LogP contribution >= 0.6 is 11.6 Å². The maximum Gasteiger partial charge on any atom is 0.257 e. The van der Waals surface area contributed by atoms with Crippen LogP contribution < -0.4 is 19.1 Å². The molecule has 1 heterocycles. The highest BCUT2D eigenvalue weighted by molar-refractivity contribution is 6.31. The number of carbonyl (C=O) groups excluding carboxylic acids is 3. The summed E-state index contributed by atoms with van der Waals surface area (Å²) in [4.78, 5) is 42.8. The molecule has 3 amide bonds. The van der Waals surface area contributed by atoms with Crippen LogP contribution in [-0.4, -0.2) is 50.0 Å². The van der Waals surface area contributed by atoms with Gasteiger partial charge in [-0.2, -0.15) is 0 Å². The van der Waals surface area contributed by atoms with Crippen LogP contribution in [0.2, 0.25) is 5.02 Å². The molecule has 0 aliphatic carbocycles. The lowest BCUT2D eigenvalue weighted by Gasteiger charge is -2.28. The summed E-state index contributed by atoms with van der Waals surface area (Å²) in [7, 11) is 4.50. The zero-order chi connectivity index (χ0) is 25.8. The van der Waals surface area contributed by atoms with Crippen LogP contribution in [0.4, 0.5) is 5.69 Å². The highest BCUT2D eigenvalue weighted by atomic mass is 35.5. The second-order valence-corrected chi connectivity index (χ2v) is 8.49. The summed E-state index contributed by atoms with van der Waals surface area (Å²) in [6.45, 7) is 0.0347. The van der Waals surface area contributed by atoms with Gasteiger partial charge in [-0.1, -0.05) is 29.8 Å². The maximum atomic E-state index is 13.8. The largest absolute Gasteiger partial charge is 0.497 e. The van der Waals surface area contributed by atoms with Crippen molar-refractivity contribution in [3.63, 3.8) is 0 Å². The molecule has 3 aromatic rings. The number of halogens is 1. The van der Waals surface area contributed by atoms with Crippen LogP contribution in [0.3, 0.4) is 0 Å². The second kappa shape index (κ2) is 10.7. The van der Waals surface area contributed by atoms with E-state index in [0.29, 0.717) is 33.5 Å². The van der Waals surface area contributed by atoms with E-state index in [-0.39, 0.29) is 18.5 Å². The molecule has 9 heteroatoms. The first-order chi connectivity index (χ1) is 17.4. The lowest BCUT2D eigenvalue weighted by molar-refractivity contribution is -0.122. The van der Waals surface area contributed by atoms with Crippen molar-refractivity contribution in [2.45, 2.75) is 19.0 Å². The lowest BCUT2D eigenvalue weighted by atomic mass is 10.1. The SMILES string of the molecule is COc1ccc(N2C(=O)CC(N(Cc3ccccc3Cl)C(=O)c3ccc(OC)c(OC)c3)C2=O)cc1. The van der Waals surface area contributed by atoms with E-state index in [0.717, 1.165) is 4.90 Å². The van der Waals surface area contributed by atoms with E-state index < -0.39 is 23.8 Å². The zero-order valence-corrected chi connectivity index (χ0v) is 20.8. The summed E-state index contributed by atoms with van der Waals surface area (Å²) in [6, 6.07) is 17.4. The molecule has 0 bridgehead atoms. The third-order valence-electron chi connectivity index (χ3n) is 6.02. The fraction of sp³-hybridized carbons (Fsp3) is 0.222. The van der Waals surface area contributed by atoms with Crippen molar-refractivity contribution in [3.05, 3.63) is 82.9 Å². The number of carbonyl (C=O) groups is 3. The van der Waals surface area contributed by atoms with E-state index in [1.165, 1.54) is 26.2 Å². The van der Waals surface area contributed by atoms with Crippen LogP contribution in [0.25, 0.3) is 0 Å². The molecular weight excluding hydrogens is 484 g/mol. The smallest absolute Gasteiger partial charge is 0.257 e. The van der Waals surface area contributed by atoms with Gasteiger partial charge in [-0.05, 0) is 54.1 Å². The minimum absolute atomic E-state index is 0.0347. The number of hydrogen-bond acceptors (Lipinski definition) is 6. The van der Waals surface area contributed by atoms with E-state index in [9.17, 15) is 14.4 Å². The van der Waals surface area contributed by atoms with Gasteiger partial charge in [0.25, 0.3) is 11.8 Å². The number of imide groups is 1. The number of nitrogens with zero attached hydrogens (tertiary/aromatic N) is 2. The van der Waals surface area contributed by atoms with Gasteiger partial charge in [0.15, 0.2) is 11.5 Å². The summed E-state index contributed by atoms with van der Waals surface area (Å²) < 4.78 is 15.8. The fourth-order valence-corrected chi connectivity index (χ4v) is 4.33. The van der Waals surface area contributed by atoms with Crippen molar-refractivity contribution in [1.29, 1.82) is 0 Å². The number of rotatable bonds is 8. The molecule has 1 aliphatic rings. The molecule has 8 nitrogen and oxygen atoms in total. The monoisotopic (exact) mass is 508 g/mol. The van der Waals surface area contributed by atoms with E-state index in [4.69, 9.17) is 25.8 Å². The van der Waals surface area contributed by atoms with Gasteiger partial charge in [0.05, 0.1) is 33.4 Å². The van der Waals surface area contributed by atoms with Crippen LogP contribution in [0, 0.1) is 0 Å². The first-order valence-electron chi connectivity index (χ1n) is 11.1. The van der Waals surface area contributed by atoms with Crippen LogP contribution in [0.5, 0.6) is 17.2 Å². The average molecular weight is 509 g/mol. The quantitative estimate of drug-likeness (QED) is 0.421. The van der Waals surface area contributed by atoms with Crippen molar-refractivity contribution in [1.82, 2.24) is 4.90 Å². The van der Waals surface area contributed by atoms with Crippen molar-refractivity contribution in [2.24, 2.45) is 0 Å². The average Bonchev–Trinajstić information content (AvgIpc) is 3.20. The first-order valence-corrected chi connectivity index (χ1v) is 11.5. The Bertz CT molecular complexity index is 1290.